The van der Waals surface area contributed by atoms with Crippen molar-refractivity contribution in [3.05, 3.63) is 29.6 Å². The molecule has 2 nitrogen and oxygen atoms in total. The molecule has 98 valence electrons. The van der Waals surface area contributed by atoms with Crippen LogP contribution in [0, 0.1) is 11.7 Å². The maximum absolute atomic E-state index is 13.8. The molecular weight excluding hydrogens is 231 g/mol. The molecule has 1 fully saturated rings. The highest BCUT2D eigenvalue weighted by Crippen LogP contribution is 2.30. The second-order valence-corrected chi connectivity index (χ2v) is 5.18. The van der Waals surface area contributed by atoms with E-state index in [9.17, 15) is 9.18 Å². The molecular formula is C15H19FO2. The van der Waals surface area contributed by atoms with Crippen molar-refractivity contribution in [1.82, 2.24) is 0 Å². The molecule has 0 amide bonds. The first kappa shape index (κ1) is 13.1. The highest BCUT2D eigenvalue weighted by atomic mass is 19.1. The van der Waals surface area contributed by atoms with Crippen LogP contribution in [0.5, 0.6) is 5.75 Å². The molecule has 2 atom stereocenters. The second-order valence-electron chi connectivity index (χ2n) is 5.18. The first-order valence-corrected chi connectivity index (χ1v) is 6.54. The Morgan fingerprint density at radius 3 is 2.83 bits per heavy atom. The first-order chi connectivity index (χ1) is 8.58. The van der Waals surface area contributed by atoms with E-state index >= 15 is 0 Å². The summed E-state index contributed by atoms with van der Waals surface area (Å²) in [6, 6.07) is 4.50. The molecule has 3 heteroatoms. The topological polar surface area (TPSA) is 26.3 Å². The van der Waals surface area contributed by atoms with Crippen molar-refractivity contribution in [2.75, 3.05) is 0 Å². The Hall–Kier alpha value is -1.38. The molecule has 0 heterocycles. The van der Waals surface area contributed by atoms with E-state index in [4.69, 9.17) is 4.74 Å². The number of ether oxygens (including phenoxy) is 1. The fourth-order valence-corrected chi connectivity index (χ4v) is 2.56. The Bertz CT molecular complexity index is 442. The number of carbonyl (C=O) groups is 1. The van der Waals surface area contributed by atoms with E-state index in [1.807, 2.05) is 0 Å². The zero-order chi connectivity index (χ0) is 13.1. The summed E-state index contributed by atoms with van der Waals surface area (Å²) in [5.74, 6) is 0.134. The number of para-hydroxylation sites is 1. The van der Waals surface area contributed by atoms with Crippen LogP contribution in [-0.2, 0) is 0 Å². The normalized spacial score (nSPS) is 23.7. The number of rotatable bonds is 3. The largest absolute Gasteiger partial charge is 0.487 e. The van der Waals surface area contributed by atoms with Gasteiger partial charge < -0.3 is 4.74 Å². The predicted octanol–water partition coefficient (Wildman–Crippen LogP) is 3.99. The molecule has 0 saturated heterocycles. The lowest BCUT2D eigenvalue weighted by atomic mass is 9.88. The van der Waals surface area contributed by atoms with Gasteiger partial charge in [0.1, 0.15) is 0 Å². The van der Waals surface area contributed by atoms with Gasteiger partial charge in [0, 0.05) is 0 Å². The zero-order valence-electron chi connectivity index (χ0n) is 10.9. The van der Waals surface area contributed by atoms with Crippen LogP contribution < -0.4 is 4.74 Å². The van der Waals surface area contributed by atoms with Crippen molar-refractivity contribution in [1.29, 1.82) is 0 Å². The number of benzene rings is 1. The summed E-state index contributed by atoms with van der Waals surface area (Å²) in [5.41, 5.74) is 0.341. The van der Waals surface area contributed by atoms with Crippen molar-refractivity contribution in [2.45, 2.75) is 45.6 Å². The molecule has 1 aromatic carbocycles. The monoisotopic (exact) mass is 250 g/mol. The SMILES string of the molecule is CC(=O)c1cccc(F)c1OC1CCCC(C)C1. The van der Waals surface area contributed by atoms with Crippen LogP contribution in [0.15, 0.2) is 18.2 Å². The Morgan fingerprint density at radius 2 is 2.17 bits per heavy atom. The van der Waals surface area contributed by atoms with E-state index in [0.717, 1.165) is 19.3 Å². The third kappa shape index (κ3) is 2.89. The van der Waals surface area contributed by atoms with Crippen molar-refractivity contribution in [3.63, 3.8) is 0 Å². The minimum atomic E-state index is -0.444. The summed E-state index contributed by atoms with van der Waals surface area (Å²) in [6.07, 6.45) is 4.22. The third-order valence-electron chi connectivity index (χ3n) is 3.52. The van der Waals surface area contributed by atoms with Crippen LogP contribution in [0.1, 0.15) is 49.9 Å². The van der Waals surface area contributed by atoms with Crippen LogP contribution in [0.25, 0.3) is 0 Å². The van der Waals surface area contributed by atoms with Gasteiger partial charge >= 0.3 is 0 Å². The van der Waals surface area contributed by atoms with E-state index in [1.165, 1.54) is 19.4 Å². The molecule has 0 spiro atoms. The zero-order valence-corrected chi connectivity index (χ0v) is 10.9. The number of carbonyl (C=O) groups excluding carboxylic acids is 1. The first-order valence-electron chi connectivity index (χ1n) is 6.54. The van der Waals surface area contributed by atoms with Crippen molar-refractivity contribution < 1.29 is 13.9 Å². The Kier molecular flexibility index (Phi) is 4.00. The number of Topliss-reactive ketones (excluding diaryl/α,β-unsaturated/α-hetero) is 1. The third-order valence-corrected chi connectivity index (χ3v) is 3.52. The fraction of sp³-hybridized carbons (Fsp3) is 0.533. The maximum atomic E-state index is 13.8. The van der Waals surface area contributed by atoms with Crippen LogP contribution >= 0.6 is 0 Å². The van der Waals surface area contributed by atoms with Gasteiger partial charge in [-0.1, -0.05) is 19.4 Å². The molecule has 1 aliphatic carbocycles. The van der Waals surface area contributed by atoms with Gasteiger partial charge in [0.25, 0.3) is 0 Å². The van der Waals surface area contributed by atoms with Crippen LogP contribution in [0.2, 0.25) is 0 Å². The van der Waals surface area contributed by atoms with E-state index in [0.29, 0.717) is 11.5 Å². The van der Waals surface area contributed by atoms with Crippen molar-refractivity contribution in [2.24, 2.45) is 5.92 Å². The van der Waals surface area contributed by atoms with Gasteiger partial charge in [-0.25, -0.2) is 4.39 Å². The molecule has 0 bridgehead atoms. The van der Waals surface area contributed by atoms with Crippen LogP contribution in [0.4, 0.5) is 4.39 Å². The average Bonchev–Trinajstić information content (AvgIpc) is 2.31. The molecule has 1 aromatic rings. The summed E-state index contributed by atoms with van der Waals surface area (Å²) in [5, 5.41) is 0. The lowest BCUT2D eigenvalue weighted by Gasteiger charge is -2.28. The Labute approximate surface area is 107 Å². The molecule has 0 aromatic heterocycles. The summed E-state index contributed by atoms with van der Waals surface area (Å²) in [4.78, 5) is 11.5. The number of halogens is 1. The summed E-state index contributed by atoms with van der Waals surface area (Å²) in [7, 11) is 0. The van der Waals surface area contributed by atoms with Gasteiger partial charge in [-0.2, -0.15) is 0 Å². The summed E-state index contributed by atoms with van der Waals surface area (Å²) >= 11 is 0. The van der Waals surface area contributed by atoms with Crippen molar-refractivity contribution in [3.8, 4) is 5.75 Å². The molecule has 1 aliphatic rings. The van der Waals surface area contributed by atoms with E-state index < -0.39 is 5.82 Å². The molecule has 0 N–H and O–H groups in total. The quantitative estimate of drug-likeness (QED) is 0.758. The number of hydrogen-bond donors (Lipinski definition) is 0. The fourth-order valence-electron chi connectivity index (χ4n) is 2.56. The maximum Gasteiger partial charge on any atom is 0.166 e. The van der Waals surface area contributed by atoms with E-state index in [-0.39, 0.29) is 17.6 Å². The summed E-state index contributed by atoms with van der Waals surface area (Å²) < 4.78 is 19.5. The standard InChI is InChI=1S/C15H19FO2/c1-10-5-3-6-12(9-10)18-15-13(11(2)17)7-4-8-14(15)16/h4,7-8,10,12H,3,5-6,9H2,1-2H3. The Balaban J connectivity index is 2.20. The molecule has 0 radical (unpaired) electrons. The molecule has 0 aliphatic heterocycles. The van der Waals surface area contributed by atoms with Gasteiger partial charge in [0.2, 0.25) is 0 Å². The van der Waals surface area contributed by atoms with Crippen LogP contribution in [-0.4, -0.2) is 11.9 Å². The van der Waals surface area contributed by atoms with Gasteiger partial charge in [-0.15, -0.1) is 0 Å². The smallest absolute Gasteiger partial charge is 0.166 e. The number of ketones is 1. The molecule has 18 heavy (non-hydrogen) atoms. The van der Waals surface area contributed by atoms with Gasteiger partial charge in [-0.05, 0) is 44.2 Å². The van der Waals surface area contributed by atoms with Crippen molar-refractivity contribution >= 4 is 5.78 Å². The highest BCUT2D eigenvalue weighted by molar-refractivity contribution is 5.96. The van der Waals surface area contributed by atoms with Gasteiger partial charge in [0.05, 0.1) is 11.7 Å². The van der Waals surface area contributed by atoms with Gasteiger partial charge in [-0.3, -0.25) is 4.79 Å². The minimum absolute atomic E-state index is 0.0312. The predicted molar refractivity (Wildman–Crippen MR) is 68.5 cm³/mol. The molecule has 1 saturated carbocycles. The lowest BCUT2D eigenvalue weighted by Crippen LogP contribution is -2.25. The molecule has 2 unspecified atom stereocenters. The summed E-state index contributed by atoms with van der Waals surface area (Å²) in [6.45, 7) is 3.62. The van der Waals surface area contributed by atoms with E-state index in [1.54, 1.807) is 12.1 Å². The highest BCUT2D eigenvalue weighted by Gasteiger charge is 2.23. The minimum Gasteiger partial charge on any atom is -0.487 e. The van der Waals surface area contributed by atoms with Crippen LogP contribution in [0.3, 0.4) is 0 Å². The second kappa shape index (κ2) is 5.51. The van der Waals surface area contributed by atoms with Gasteiger partial charge in [0.15, 0.2) is 17.3 Å². The Morgan fingerprint density at radius 1 is 1.39 bits per heavy atom. The number of hydrogen-bond acceptors (Lipinski definition) is 2. The average molecular weight is 250 g/mol. The lowest BCUT2D eigenvalue weighted by molar-refractivity contribution is 0.0987. The molecule has 2 rings (SSSR count). The van der Waals surface area contributed by atoms with E-state index in [2.05, 4.69) is 6.92 Å².